The Morgan fingerprint density at radius 3 is 2.94 bits per heavy atom. The standard InChI is InChI=1S/C25H29N5O3S/c1-33-22-5-3-18-23(30-22)19(8-11-26-18)29-24(31)25(32)9-6-17(7-10-25)28-15-16-2-4-21-20(14-16)27-12-13-34-21/h2-5,8,11,14,17,27-28,32H,6-7,9-10,12-13,15H2,1H3,(H,26,29,31). The predicted molar refractivity (Wildman–Crippen MR) is 134 cm³/mol. The maximum Gasteiger partial charge on any atom is 0.256 e. The summed E-state index contributed by atoms with van der Waals surface area (Å²) in [6.07, 6.45) is 3.88. The minimum Gasteiger partial charge on any atom is -0.481 e. The van der Waals surface area contributed by atoms with E-state index in [0.717, 1.165) is 31.7 Å². The maximum absolute atomic E-state index is 13.0. The molecule has 0 bridgehead atoms. The number of carbonyl (C=O) groups excluding carboxylic acids is 1. The van der Waals surface area contributed by atoms with Crippen molar-refractivity contribution < 1.29 is 14.6 Å². The number of methoxy groups -OCH3 is 1. The van der Waals surface area contributed by atoms with Gasteiger partial charge in [-0.25, -0.2) is 4.98 Å². The Morgan fingerprint density at radius 2 is 2.12 bits per heavy atom. The molecule has 0 unspecified atom stereocenters. The number of nitrogens with zero attached hydrogens (tertiary/aromatic N) is 2. The summed E-state index contributed by atoms with van der Waals surface area (Å²) in [5.74, 6) is 1.14. The van der Waals surface area contributed by atoms with E-state index in [1.807, 2.05) is 11.8 Å². The van der Waals surface area contributed by atoms with Crippen molar-refractivity contribution in [2.24, 2.45) is 0 Å². The summed E-state index contributed by atoms with van der Waals surface area (Å²) in [5.41, 5.74) is 2.74. The number of aliphatic hydroxyl groups is 1. The fourth-order valence-electron chi connectivity index (χ4n) is 4.55. The summed E-state index contributed by atoms with van der Waals surface area (Å²) in [6, 6.07) is 12.0. The molecule has 1 aromatic carbocycles. The molecule has 3 aromatic rings. The quantitative estimate of drug-likeness (QED) is 0.425. The molecule has 0 spiro atoms. The van der Waals surface area contributed by atoms with E-state index in [9.17, 15) is 9.90 Å². The number of fused-ring (bicyclic) bond motifs is 2. The van der Waals surface area contributed by atoms with Crippen LogP contribution in [0.4, 0.5) is 11.4 Å². The molecule has 4 N–H and O–H groups in total. The monoisotopic (exact) mass is 479 g/mol. The Balaban J connectivity index is 1.18. The number of hydrogen-bond acceptors (Lipinski definition) is 8. The summed E-state index contributed by atoms with van der Waals surface area (Å²) in [7, 11) is 1.54. The Kier molecular flexibility index (Phi) is 6.58. The zero-order valence-corrected chi connectivity index (χ0v) is 20.0. The van der Waals surface area contributed by atoms with Crippen LogP contribution in [0.15, 0.2) is 47.5 Å². The predicted octanol–water partition coefficient (Wildman–Crippen LogP) is 3.56. The Morgan fingerprint density at radius 1 is 1.26 bits per heavy atom. The number of benzene rings is 1. The first-order valence-corrected chi connectivity index (χ1v) is 12.6. The topological polar surface area (TPSA) is 108 Å². The minimum atomic E-state index is -1.40. The molecule has 34 heavy (non-hydrogen) atoms. The SMILES string of the molecule is COc1ccc2nccc(NC(=O)C3(O)CCC(NCc4ccc5c(c4)NCCS5)CC3)c2n1. The highest BCUT2D eigenvalue weighted by molar-refractivity contribution is 7.99. The van der Waals surface area contributed by atoms with Crippen molar-refractivity contribution in [2.45, 2.75) is 48.8 Å². The first-order valence-electron chi connectivity index (χ1n) is 11.6. The number of aromatic nitrogens is 2. The molecule has 0 atom stereocenters. The minimum absolute atomic E-state index is 0.263. The van der Waals surface area contributed by atoms with Gasteiger partial charge in [-0.15, -0.1) is 11.8 Å². The average Bonchev–Trinajstić information content (AvgIpc) is 2.88. The molecular weight excluding hydrogens is 450 g/mol. The Labute approximate surface area is 202 Å². The fourth-order valence-corrected chi connectivity index (χ4v) is 5.42. The van der Waals surface area contributed by atoms with Crippen LogP contribution in [0.5, 0.6) is 5.88 Å². The van der Waals surface area contributed by atoms with Crippen molar-refractivity contribution in [3.63, 3.8) is 0 Å². The van der Waals surface area contributed by atoms with Crippen LogP contribution in [0.25, 0.3) is 11.0 Å². The van der Waals surface area contributed by atoms with E-state index >= 15 is 0 Å². The number of hydrogen-bond donors (Lipinski definition) is 4. The van der Waals surface area contributed by atoms with Crippen molar-refractivity contribution in [3.05, 3.63) is 48.2 Å². The largest absolute Gasteiger partial charge is 0.481 e. The van der Waals surface area contributed by atoms with Crippen LogP contribution >= 0.6 is 11.8 Å². The van der Waals surface area contributed by atoms with E-state index in [4.69, 9.17) is 4.74 Å². The second kappa shape index (κ2) is 9.77. The van der Waals surface area contributed by atoms with Crippen LogP contribution in [0.2, 0.25) is 0 Å². The number of thioether (sulfide) groups is 1. The van der Waals surface area contributed by atoms with Crippen LogP contribution in [0.3, 0.4) is 0 Å². The van der Waals surface area contributed by atoms with Gasteiger partial charge in [-0.05, 0) is 55.5 Å². The summed E-state index contributed by atoms with van der Waals surface area (Å²) >= 11 is 1.89. The number of pyridine rings is 2. The molecule has 1 fully saturated rings. The summed E-state index contributed by atoms with van der Waals surface area (Å²) < 4.78 is 5.20. The van der Waals surface area contributed by atoms with Crippen molar-refractivity contribution >= 4 is 40.1 Å². The zero-order chi connectivity index (χ0) is 23.5. The lowest BCUT2D eigenvalue weighted by molar-refractivity contribution is -0.137. The van der Waals surface area contributed by atoms with Gasteiger partial charge >= 0.3 is 0 Å². The third kappa shape index (κ3) is 4.82. The number of nitrogens with one attached hydrogen (secondary N) is 3. The highest BCUT2D eigenvalue weighted by atomic mass is 32.2. The summed E-state index contributed by atoms with van der Waals surface area (Å²) in [4.78, 5) is 23.0. The Bertz CT molecular complexity index is 1200. The van der Waals surface area contributed by atoms with E-state index in [2.05, 4.69) is 44.1 Å². The number of carbonyl (C=O) groups is 1. The normalized spacial score (nSPS) is 22.0. The van der Waals surface area contributed by atoms with Crippen molar-refractivity contribution in [3.8, 4) is 5.88 Å². The van der Waals surface area contributed by atoms with E-state index in [1.165, 1.54) is 16.1 Å². The first-order chi connectivity index (χ1) is 16.5. The van der Waals surface area contributed by atoms with Gasteiger partial charge in [0.25, 0.3) is 5.91 Å². The highest BCUT2D eigenvalue weighted by Gasteiger charge is 2.40. The second-order valence-electron chi connectivity index (χ2n) is 8.83. The van der Waals surface area contributed by atoms with Gasteiger partial charge in [0.15, 0.2) is 0 Å². The molecule has 178 valence electrons. The smallest absolute Gasteiger partial charge is 0.256 e. The fraction of sp³-hybridized carbons (Fsp3) is 0.400. The van der Waals surface area contributed by atoms with E-state index in [-0.39, 0.29) is 6.04 Å². The summed E-state index contributed by atoms with van der Waals surface area (Å²) in [6.45, 7) is 1.77. The molecule has 1 aliphatic heterocycles. The Hall–Kier alpha value is -2.88. The first kappa shape index (κ1) is 22.9. The van der Waals surface area contributed by atoms with Gasteiger partial charge in [0.1, 0.15) is 11.1 Å². The number of rotatable bonds is 6. The lowest BCUT2D eigenvalue weighted by atomic mass is 9.81. The van der Waals surface area contributed by atoms with Crippen LogP contribution in [-0.4, -0.2) is 52.0 Å². The van der Waals surface area contributed by atoms with Gasteiger partial charge in [-0.2, -0.15) is 0 Å². The van der Waals surface area contributed by atoms with Gasteiger partial charge in [0.05, 0.1) is 18.3 Å². The molecule has 8 nitrogen and oxygen atoms in total. The zero-order valence-electron chi connectivity index (χ0n) is 19.1. The number of anilines is 2. The molecule has 9 heteroatoms. The number of ether oxygens (including phenoxy) is 1. The van der Waals surface area contributed by atoms with Crippen LogP contribution in [0, 0.1) is 0 Å². The molecule has 1 saturated carbocycles. The van der Waals surface area contributed by atoms with Crippen LogP contribution in [0.1, 0.15) is 31.2 Å². The van der Waals surface area contributed by atoms with Gasteiger partial charge < -0.3 is 25.8 Å². The second-order valence-corrected chi connectivity index (χ2v) is 9.96. The van der Waals surface area contributed by atoms with Gasteiger partial charge in [0.2, 0.25) is 5.88 Å². The molecule has 2 aliphatic rings. The van der Waals surface area contributed by atoms with E-state index in [1.54, 1.807) is 31.5 Å². The van der Waals surface area contributed by atoms with Gasteiger partial charge in [-0.1, -0.05) is 6.07 Å². The maximum atomic E-state index is 13.0. The molecule has 5 rings (SSSR count). The molecule has 2 aromatic heterocycles. The average molecular weight is 480 g/mol. The van der Waals surface area contributed by atoms with Crippen molar-refractivity contribution in [1.82, 2.24) is 15.3 Å². The van der Waals surface area contributed by atoms with Crippen LogP contribution in [-0.2, 0) is 11.3 Å². The molecule has 0 saturated heterocycles. The molecule has 1 aliphatic carbocycles. The summed E-state index contributed by atoms with van der Waals surface area (Å²) in [5, 5.41) is 21.0. The van der Waals surface area contributed by atoms with Gasteiger partial charge in [0, 0.05) is 47.7 Å². The molecule has 1 amide bonds. The van der Waals surface area contributed by atoms with Gasteiger partial charge in [-0.3, -0.25) is 9.78 Å². The lowest BCUT2D eigenvalue weighted by Crippen LogP contribution is -2.48. The number of amides is 1. The van der Waals surface area contributed by atoms with Crippen LogP contribution < -0.4 is 20.7 Å². The van der Waals surface area contributed by atoms with Crippen molar-refractivity contribution in [1.29, 1.82) is 0 Å². The third-order valence-electron chi connectivity index (χ3n) is 6.57. The molecular formula is C25H29N5O3S. The van der Waals surface area contributed by atoms with E-state index < -0.39 is 11.5 Å². The van der Waals surface area contributed by atoms with Crippen molar-refractivity contribution in [2.75, 3.05) is 30.0 Å². The molecule has 0 radical (unpaired) electrons. The lowest BCUT2D eigenvalue weighted by Gasteiger charge is -2.35. The highest BCUT2D eigenvalue weighted by Crippen LogP contribution is 2.33. The third-order valence-corrected chi connectivity index (χ3v) is 7.64. The molecule has 3 heterocycles. The van der Waals surface area contributed by atoms with E-state index in [0.29, 0.717) is 35.4 Å².